The topological polar surface area (TPSA) is 57.8 Å². The molecule has 0 aliphatic rings. The standard InChI is InChI=1S/C14H16ClN3O/c1-9-11(10(2)18-17-9)7-8-16-14(19)12-5-3-4-6-13(12)15/h3-6H,7-8H2,1-2H3,(H,16,19)(H,17,18). The van der Waals surface area contributed by atoms with Crippen LogP contribution in [0.3, 0.4) is 0 Å². The Morgan fingerprint density at radius 2 is 2.11 bits per heavy atom. The lowest BCUT2D eigenvalue weighted by molar-refractivity contribution is 0.0954. The van der Waals surface area contributed by atoms with Crippen molar-refractivity contribution in [1.82, 2.24) is 15.5 Å². The minimum atomic E-state index is -0.149. The molecule has 0 saturated heterocycles. The van der Waals surface area contributed by atoms with Crippen LogP contribution in [-0.4, -0.2) is 22.6 Å². The van der Waals surface area contributed by atoms with E-state index in [2.05, 4.69) is 15.5 Å². The molecule has 5 heteroatoms. The van der Waals surface area contributed by atoms with Gasteiger partial charge < -0.3 is 5.32 Å². The second kappa shape index (κ2) is 5.89. The van der Waals surface area contributed by atoms with Gasteiger partial charge in [-0.15, -0.1) is 0 Å². The largest absolute Gasteiger partial charge is 0.352 e. The minimum Gasteiger partial charge on any atom is -0.352 e. The number of rotatable bonds is 4. The fourth-order valence-corrected chi connectivity index (χ4v) is 2.21. The highest BCUT2D eigenvalue weighted by atomic mass is 35.5. The number of hydrogen-bond donors (Lipinski definition) is 2. The molecule has 2 rings (SSSR count). The molecule has 1 aromatic heterocycles. The number of hydrogen-bond acceptors (Lipinski definition) is 2. The van der Waals surface area contributed by atoms with E-state index in [0.717, 1.165) is 23.4 Å². The van der Waals surface area contributed by atoms with Gasteiger partial charge in [-0.3, -0.25) is 9.89 Å². The van der Waals surface area contributed by atoms with E-state index >= 15 is 0 Å². The van der Waals surface area contributed by atoms with Crippen LogP contribution in [-0.2, 0) is 6.42 Å². The maximum Gasteiger partial charge on any atom is 0.252 e. The van der Waals surface area contributed by atoms with Crippen LogP contribution in [0, 0.1) is 13.8 Å². The zero-order valence-electron chi connectivity index (χ0n) is 11.0. The molecule has 0 unspecified atom stereocenters. The van der Waals surface area contributed by atoms with Crippen LogP contribution in [0.2, 0.25) is 5.02 Å². The zero-order valence-corrected chi connectivity index (χ0v) is 11.7. The molecule has 0 spiro atoms. The highest BCUT2D eigenvalue weighted by Crippen LogP contribution is 2.14. The number of nitrogens with one attached hydrogen (secondary N) is 2. The predicted octanol–water partition coefficient (Wildman–Crippen LogP) is 2.65. The minimum absolute atomic E-state index is 0.149. The summed E-state index contributed by atoms with van der Waals surface area (Å²) in [4.78, 5) is 11.9. The molecule has 1 amide bonds. The molecule has 0 aliphatic carbocycles. The Kier molecular flexibility index (Phi) is 4.22. The first kappa shape index (κ1) is 13.6. The van der Waals surface area contributed by atoms with Gasteiger partial charge in [-0.25, -0.2) is 0 Å². The number of aromatic amines is 1. The number of carbonyl (C=O) groups excluding carboxylic acids is 1. The van der Waals surface area contributed by atoms with Crippen LogP contribution in [0.4, 0.5) is 0 Å². The van der Waals surface area contributed by atoms with Gasteiger partial charge in [0.25, 0.3) is 5.91 Å². The maximum atomic E-state index is 11.9. The first-order valence-electron chi connectivity index (χ1n) is 6.12. The van der Waals surface area contributed by atoms with Crippen molar-refractivity contribution in [2.45, 2.75) is 20.3 Å². The average Bonchev–Trinajstić information content (AvgIpc) is 2.70. The molecule has 0 saturated carbocycles. The van der Waals surface area contributed by atoms with Crippen molar-refractivity contribution in [3.63, 3.8) is 0 Å². The fourth-order valence-electron chi connectivity index (χ4n) is 1.98. The van der Waals surface area contributed by atoms with Crippen LogP contribution in [0.5, 0.6) is 0 Å². The van der Waals surface area contributed by atoms with Crippen LogP contribution < -0.4 is 5.32 Å². The van der Waals surface area contributed by atoms with E-state index in [0.29, 0.717) is 17.1 Å². The summed E-state index contributed by atoms with van der Waals surface area (Å²) in [5, 5.41) is 10.4. The van der Waals surface area contributed by atoms with Gasteiger partial charge in [-0.1, -0.05) is 23.7 Å². The molecular weight excluding hydrogens is 262 g/mol. The SMILES string of the molecule is Cc1n[nH]c(C)c1CCNC(=O)c1ccccc1Cl. The lowest BCUT2D eigenvalue weighted by atomic mass is 10.1. The van der Waals surface area contributed by atoms with E-state index in [1.165, 1.54) is 0 Å². The van der Waals surface area contributed by atoms with Crippen molar-refractivity contribution < 1.29 is 4.79 Å². The summed E-state index contributed by atoms with van der Waals surface area (Å²) in [6.45, 7) is 4.49. The number of H-pyrrole nitrogens is 1. The van der Waals surface area contributed by atoms with Gasteiger partial charge in [-0.2, -0.15) is 5.10 Å². The first-order chi connectivity index (χ1) is 9.09. The summed E-state index contributed by atoms with van der Waals surface area (Å²) >= 11 is 5.97. The summed E-state index contributed by atoms with van der Waals surface area (Å²) in [6, 6.07) is 7.02. The third kappa shape index (κ3) is 3.15. The molecule has 1 aromatic carbocycles. The summed E-state index contributed by atoms with van der Waals surface area (Å²) in [7, 11) is 0. The summed E-state index contributed by atoms with van der Waals surface area (Å²) in [5.41, 5.74) is 3.68. The third-order valence-corrected chi connectivity index (χ3v) is 3.39. The molecule has 19 heavy (non-hydrogen) atoms. The van der Waals surface area contributed by atoms with Gasteiger partial charge in [-0.05, 0) is 38.0 Å². The second-order valence-electron chi connectivity index (χ2n) is 4.40. The summed E-state index contributed by atoms with van der Waals surface area (Å²) in [5.74, 6) is -0.149. The number of amides is 1. The Morgan fingerprint density at radius 1 is 1.37 bits per heavy atom. The summed E-state index contributed by atoms with van der Waals surface area (Å²) in [6.07, 6.45) is 0.754. The Labute approximate surface area is 117 Å². The van der Waals surface area contributed by atoms with Crippen molar-refractivity contribution >= 4 is 17.5 Å². The molecule has 1 heterocycles. The molecule has 0 atom stereocenters. The highest BCUT2D eigenvalue weighted by Gasteiger charge is 2.10. The number of benzene rings is 1. The van der Waals surface area contributed by atoms with Crippen molar-refractivity contribution in [3.05, 3.63) is 51.8 Å². The predicted molar refractivity (Wildman–Crippen MR) is 75.6 cm³/mol. The smallest absolute Gasteiger partial charge is 0.252 e. The van der Waals surface area contributed by atoms with Gasteiger partial charge in [0.2, 0.25) is 0 Å². The Balaban J connectivity index is 1.93. The molecular formula is C14H16ClN3O. The van der Waals surface area contributed by atoms with Gasteiger partial charge in [0.15, 0.2) is 0 Å². The Hall–Kier alpha value is -1.81. The molecule has 2 aromatic rings. The average molecular weight is 278 g/mol. The Bertz CT molecular complexity index is 573. The Morgan fingerprint density at radius 3 is 2.74 bits per heavy atom. The maximum absolute atomic E-state index is 11.9. The fraction of sp³-hybridized carbons (Fsp3) is 0.286. The van der Waals surface area contributed by atoms with Gasteiger partial charge in [0.05, 0.1) is 16.3 Å². The number of aryl methyl sites for hydroxylation is 2. The number of halogens is 1. The normalized spacial score (nSPS) is 10.5. The molecule has 100 valence electrons. The molecule has 2 N–H and O–H groups in total. The number of nitrogens with zero attached hydrogens (tertiary/aromatic N) is 1. The lowest BCUT2D eigenvalue weighted by Crippen LogP contribution is -2.26. The zero-order chi connectivity index (χ0) is 13.8. The second-order valence-corrected chi connectivity index (χ2v) is 4.81. The van der Waals surface area contributed by atoms with E-state index in [9.17, 15) is 4.79 Å². The summed E-state index contributed by atoms with van der Waals surface area (Å²) < 4.78 is 0. The van der Waals surface area contributed by atoms with Crippen molar-refractivity contribution in [2.24, 2.45) is 0 Å². The van der Waals surface area contributed by atoms with E-state index in [1.807, 2.05) is 13.8 Å². The van der Waals surface area contributed by atoms with Crippen molar-refractivity contribution in [3.8, 4) is 0 Å². The van der Waals surface area contributed by atoms with Crippen molar-refractivity contribution in [2.75, 3.05) is 6.54 Å². The highest BCUT2D eigenvalue weighted by molar-refractivity contribution is 6.33. The number of carbonyl (C=O) groups is 1. The van der Waals surface area contributed by atoms with Gasteiger partial charge >= 0.3 is 0 Å². The first-order valence-corrected chi connectivity index (χ1v) is 6.50. The monoisotopic (exact) mass is 277 g/mol. The van der Waals surface area contributed by atoms with Crippen LogP contribution in [0.25, 0.3) is 0 Å². The quantitative estimate of drug-likeness (QED) is 0.903. The van der Waals surface area contributed by atoms with Gasteiger partial charge in [0, 0.05) is 12.2 Å². The van der Waals surface area contributed by atoms with E-state index in [-0.39, 0.29) is 5.91 Å². The molecule has 0 aliphatic heterocycles. The van der Waals surface area contributed by atoms with Crippen LogP contribution in [0.15, 0.2) is 24.3 Å². The van der Waals surface area contributed by atoms with E-state index < -0.39 is 0 Å². The van der Waals surface area contributed by atoms with E-state index in [1.54, 1.807) is 24.3 Å². The molecule has 0 bridgehead atoms. The number of aromatic nitrogens is 2. The molecule has 0 fully saturated rings. The molecule has 0 radical (unpaired) electrons. The lowest BCUT2D eigenvalue weighted by Gasteiger charge is -2.06. The van der Waals surface area contributed by atoms with E-state index in [4.69, 9.17) is 11.6 Å². The van der Waals surface area contributed by atoms with Crippen LogP contribution in [0.1, 0.15) is 27.3 Å². The third-order valence-electron chi connectivity index (χ3n) is 3.06. The van der Waals surface area contributed by atoms with Crippen molar-refractivity contribution in [1.29, 1.82) is 0 Å². The van der Waals surface area contributed by atoms with Gasteiger partial charge in [0.1, 0.15) is 0 Å². The molecule has 4 nitrogen and oxygen atoms in total. The van der Waals surface area contributed by atoms with Crippen LogP contribution >= 0.6 is 11.6 Å².